The smallest absolute Gasteiger partial charge is 0.227 e. The van der Waals surface area contributed by atoms with Crippen molar-refractivity contribution in [1.29, 1.82) is 0 Å². The Morgan fingerprint density at radius 1 is 0.368 bits per heavy atom. The molecule has 0 unspecified atom stereocenters. The number of hydrogen-bond acceptors (Lipinski definition) is 6. The van der Waals surface area contributed by atoms with Gasteiger partial charge in [-0.3, -0.25) is 0 Å². The molecule has 0 saturated carbocycles. The van der Waals surface area contributed by atoms with E-state index in [1.165, 1.54) is 10.8 Å². The van der Waals surface area contributed by atoms with E-state index in [4.69, 9.17) is 23.8 Å². The van der Waals surface area contributed by atoms with Gasteiger partial charge in [-0.15, -0.1) is 0 Å². The Bertz CT molecular complexity index is 3490. The maximum absolute atomic E-state index is 6.32. The number of aromatic nitrogens is 5. The highest BCUT2D eigenvalue weighted by atomic mass is 16.3. The summed E-state index contributed by atoms with van der Waals surface area (Å²) < 4.78 is 14.7. The SMILES string of the molecule is c1ccc(-n2c3ccccc3c3ccccc32)c(-c2nc(-c3ccc(-c4cccc5oc6ncccc6c45)cc3)nc(-c3cccc4oc5ccccc5c34)n2)c1. The summed E-state index contributed by atoms with van der Waals surface area (Å²) in [7, 11) is 0. The van der Waals surface area contributed by atoms with Crippen LogP contribution in [0.1, 0.15) is 0 Å². The summed E-state index contributed by atoms with van der Waals surface area (Å²) in [4.78, 5) is 20.2. The van der Waals surface area contributed by atoms with Crippen LogP contribution in [-0.2, 0) is 0 Å². The van der Waals surface area contributed by atoms with Crippen LogP contribution in [0.3, 0.4) is 0 Å². The first-order valence-corrected chi connectivity index (χ1v) is 18.9. The van der Waals surface area contributed by atoms with E-state index in [1.807, 2.05) is 54.6 Å². The molecule has 12 rings (SSSR count). The molecule has 0 amide bonds. The lowest BCUT2D eigenvalue weighted by Gasteiger charge is -2.15. The average Bonchev–Trinajstić information content (AvgIpc) is 3.96. The van der Waals surface area contributed by atoms with E-state index >= 15 is 0 Å². The van der Waals surface area contributed by atoms with E-state index in [-0.39, 0.29) is 0 Å². The molecule has 57 heavy (non-hydrogen) atoms. The van der Waals surface area contributed by atoms with Crippen LogP contribution in [0, 0.1) is 0 Å². The fraction of sp³-hybridized carbons (Fsp3) is 0. The third kappa shape index (κ3) is 4.86. The minimum atomic E-state index is 0.565. The van der Waals surface area contributed by atoms with Crippen molar-refractivity contribution in [3.8, 4) is 51.0 Å². The number of benzene rings is 7. The fourth-order valence-corrected chi connectivity index (χ4v) is 8.45. The van der Waals surface area contributed by atoms with Gasteiger partial charge in [0.25, 0.3) is 0 Å². The Kier molecular flexibility index (Phi) is 6.79. The van der Waals surface area contributed by atoms with E-state index in [9.17, 15) is 0 Å². The van der Waals surface area contributed by atoms with Crippen LogP contribution >= 0.6 is 0 Å². The second-order valence-electron chi connectivity index (χ2n) is 14.2. The summed E-state index contributed by atoms with van der Waals surface area (Å²) in [6.45, 7) is 0. The van der Waals surface area contributed by atoms with Gasteiger partial charge in [-0.05, 0) is 65.7 Å². The molecule has 0 radical (unpaired) electrons. The molecule has 0 atom stereocenters. The molecule has 5 aromatic heterocycles. The molecule has 7 nitrogen and oxygen atoms in total. The van der Waals surface area contributed by atoms with Crippen molar-refractivity contribution in [3.05, 3.63) is 176 Å². The molecule has 0 spiro atoms. The Hall–Kier alpha value is -7.90. The highest BCUT2D eigenvalue weighted by molar-refractivity contribution is 6.13. The van der Waals surface area contributed by atoms with Crippen molar-refractivity contribution in [2.45, 2.75) is 0 Å². The van der Waals surface area contributed by atoms with Crippen molar-refractivity contribution < 1.29 is 8.83 Å². The zero-order chi connectivity index (χ0) is 37.5. The van der Waals surface area contributed by atoms with Crippen LogP contribution in [0.5, 0.6) is 0 Å². The number of rotatable bonds is 5. The monoisotopic (exact) mass is 731 g/mol. The molecule has 7 heteroatoms. The van der Waals surface area contributed by atoms with Gasteiger partial charge in [-0.25, -0.2) is 19.9 Å². The predicted molar refractivity (Wildman–Crippen MR) is 228 cm³/mol. The molecule has 0 aliphatic rings. The van der Waals surface area contributed by atoms with Gasteiger partial charge in [-0.1, -0.05) is 115 Å². The van der Waals surface area contributed by atoms with E-state index < -0.39 is 0 Å². The van der Waals surface area contributed by atoms with E-state index in [0.29, 0.717) is 23.2 Å². The molecular weight excluding hydrogens is 703 g/mol. The van der Waals surface area contributed by atoms with E-state index in [0.717, 1.165) is 82.8 Å². The fourth-order valence-electron chi connectivity index (χ4n) is 8.45. The zero-order valence-corrected chi connectivity index (χ0v) is 30.3. The summed E-state index contributed by atoms with van der Waals surface area (Å²) >= 11 is 0. The van der Waals surface area contributed by atoms with E-state index in [2.05, 4.69) is 125 Å². The van der Waals surface area contributed by atoms with Crippen LogP contribution in [-0.4, -0.2) is 24.5 Å². The Morgan fingerprint density at radius 3 is 1.70 bits per heavy atom. The number of nitrogens with zero attached hydrogens (tertiary/aromatic N) is 5. The summed E-state index contributed by atoms with van der Waals surface area (Å²) in [6, 6.07) is 58.2. The molecule has 0 bridgehead atoms. The number of furan rings is 2. The van der Waals surface area contributed by atoms with Crippen LogP contribution in [0.25, 0.3) is 117 Å². The quantitative estimate of drug-likeness (QED) is 0.175. The number of para-hydroxylation sites is 4. The third-order valence-electron chi connectivity index (χ3n) is 11.0. The van der Waals surface area contributed by atoms with Crippen LogP contribution in [0.4, 0.5) is 0 Å². The van der Waals surface area contributed by atoms with Gasteiger partial charge in [0, 0.05) is 55.2 Å². The topological polar surface area (TPSA) is 82.8 Å². The van der Waals surface area contributed by atoms with Crippen LogP contribution < -0.4 is 0 Å². The lowest BCUT2D eigenvalue weighted by Crippen LogP contribution is -2.03. The first-order chi connectivity index (χ1) is 28.3. The van der Waals surface area contributed by atoms with Gasteiger partial charge in [0.2, 0.25) is 5.71 Å². The highest BCUT2D eigenvalue weighted by Gasteiger charge is 2.21. The Balaban J connectivity index is 1.08. The normalized spacial score (nSPS) is 11.9. The largest absolute Gasteiger partial charge is 0.456 e. The zero-order valence-electron chi connectivity index (χ0n) is 30.3. The lowest BCUT2D eigenvalue weighted by atomic mass is 9.99. The third-order valence-corrected chi connectivity index (χ3v) is 11.0. The van der Waals surface area contributed by atoms with Crippen molar-refractivity contribution >= 4 is 65.8 Å². The molecule has 5 heterocycles. The second kappa shape index (κ2) is 12.3. The van der Waals surface area contributed by atoms with Crippen molar-refractivity contribution in [2.24, 2.45) is 0 Å². The molecule has 7 aromatic carbocycles. The predicted octanol–water partition coefficient (Wildman–Crippen LogP) is 12.8. The summed E-state index contributed by atoms with van der Waals surface area (Å²) in [5.74, 6) is 1.71. The minimum Gasteiger partial charge on any atom is -0.456 e. The van der Waals surface area contributed by atoms with Gasteiger partial charge in [0.05, 0.1) is 16.7 Å². The van der Waals surface area contributed by atoms with Gasteiger partial charge in [0.15, 0.2) is 17.5 Å². The number of hydrogen-bond donors (Lipinski definition) is 0. The summed E-state index contributed by atoms with van der Waals surface area (Å²) in [5.41, 5.74) is 11.0. The maximum Gasteiger partial charge on any atom is 0.227 e. The van der Waals surface area contributed by atoms with Gasteiger partial charge < -0.3 is 13.4 Å². The first-order valence-electron chi connectivity index (χ1n) is 18.9. The molecule has 0 N–H and O–H groups in total. The molecule has 0 saturated heterocycles. The number of fused-ring (bicyclic) bond motifs is 9. The minimum absolute atomic E-state index is 0.565. The summed E-state index contributed by atoms with van der Waals surface area (Å²) in [5, 5.41) is 6.39. The summed E-state index contributed by atoms with van der Waals surface area (Å²) in [6.07, 6.45) is 1.76. The van der Waals surface area contributed by atoms with Crippen molar-refractivity contribution in [1.82, 2.24) is 24.5 Å². The van der Waals surface area contributed by atoms with Gasteiger partial charge >= 0.3 is 0 Å². The molecule has 0 aliphatic carbocycles. The highest BCUT2D eigenvalue weighted by Crippen LogP contribution is 2.40. The number of pyridine rings is 1. The molecule has 12 aromatic rings. The molecular formula is C50H29N5O2. The van der Waals surface area contributed by atoms with Crippen LogP contribution in [0.2, 0.25) is 0 Å². The maximum atomic E-state index is 6.32. The Morgan fingerprint density at radius 2 is 0.912 bits per heavy atom. The van der Waals surface area contributed by atoms with Crippen LogP contribution in [0.15, 0.2) is 185 Å². The lowest BCUT2D eigenvalue weighted by molar-refractivity contribution is 0.654. The average molecular weight is 732 g/mol. The molecule has 0 aliphatic heterocycles. The first kappa shape index (κ1) is 31.5. The standard InChI is InChI=1S/C50H29N5O2/c1-5-19-39-33(12-1)34-13-2-6-20-40(34)55(39)41-21-7-3-14-35(41)48-52-47(53-49(54-48)37-17-10-23-43-46(37)36-15-4-8-22-42(36)56-43)31-27-25-30(26-28-31)32-16-9-24-44-45(32)38-18-11-29-51-50(38)57-44/h1-29H. The Labute approximate surface area is 325 Å². The second-order valence-corrected chi connectivity index (χ2v) is 14.2. The van der Waals surface area contributed by atoms with Gasteiger partial charge in [0.1, 0.15) is 16.7 Å². The van der Waals surface area contributed by atoms with Crippen molar-refractivity contribution in [2.75, 3.05) is 0 Å². The van der Waals surface area contributed by atoms with Crippen molar-refractivity contribution in [3.63, 3.8) is 0 Å². The van der Waals surface area contributed by atoms with Gasteiger partial charge in [-0.2, -0.15) is 0 Å². The van der Waals surface area contributed by atoms with E-state index in [1.54, 1.807) is 6.20 Å². The molecule has 0 fully saturated rings. The molecule has 266 valence electrons.